The molecular weight excluding hydrogens is 222 g/mol. The molecule has 1 aliphatic rings. The summed E-state index contributed by atoms with van der Waals surface area (Å²) in [6.07, 6.45) is 1.22. The van der Waals surface area contributed by atoms with Crippen LogP contribution in [0.5, 0.6) is 11.5 Å². The van der Waals surface area contributed by atoms with Crippen molar-refractivity contribution >= 4 is 11.8 Å². The zero-order chi connectivity index (χ0) is 11.4. The molecule has 1 saturated heterocycles. The third-order valence-electron chi connectivity index (χ3n) is 2.80. The highest BCUT2D eigenvalue weighted by Gasteiger charge is 2.15. The van der Waals surface area contributed by atoms with E-state index in [1.165, 1.54) is 17.9 Å². The molecule has 0 aromatic heterocycles. The van der Waals surface area contributed by atoms with Crippen molar-refractivity contribution < 1.29 is 9.84 Å². The molecule has 4 heteroatoms. The molecule has 88 valence electrons. The van der Waals surface area contributed by atoms with Crippen molar-refractivity contribution in [2.45, 2.75) is 19.0 Å². The second kappa shape index (κ2) is 5.46. The van der Waals surface area contributed by atoms with Crippen LogP contribution in [0.15, 0.2) is 18.2 Å². The maximum atomic E-state index is 9.77. The fraction of sp³-hybridized carbons (Fsp3) is 0.500. The van der Waals surface area contributed by atoms with Crippen molar-refractivity contribution in [3.63, 3.8) is 0 Å². The minimum Gasteiger partial charge on any atom is -0.507 e. The molecule has 1 aromatic rings. The summed E-state index contributed by atoms with van der Waals surface area (Å²) in [7, 11) is 1.60. The largest absolute Gasteiger partial charge is 0.507 e. The summed E-state index contributed by atoms with van der Waals surface area (Å²) in [5, 5.41) is 13.2. The smallest absolute Gasteiger partial charge is 0.123 e. The van der Waals surface area contributed by atoms with Crippen LogP contribution < -0.4 is 10.1 Å². The molecule has 1 heterocycles. The monoisotopic (exact) mass is 239 g/mol. The summed E-state index contributed by atoms with van der Waals surface area (Å²) in [4.78, 5) is 0. The molecule has 0 bridgehead atoms. The number of hydrogen-bond donors (Lipinski definition) is 2. The number of methoxy groups -OCH3 is 1. The van der Waals surface area contributed by atoms with Gasteiger partial charge in [-0.15, -0.1) is 0 Å². The number of rotatable bonds is 4. The molecule has 1 aromatic carbocycles. The predicted molar refractivity (Wildman–Crippen MR) is 67.2 cm³/mol. The summed E-state index contributed by atoms with van der Waals surface area (Å²) in [5.41, 5.74) is 0.928. The van der Waals surface area contributed by atoms with Crippen LogP contribution in [0.25, 0.3) is 0 Å². The van der Waals surface area contributed by atoms with Gasteiger partial charge in [-0.1, -0.05) is 6.07 Å². The molecule has 0 amide bonds. The number of aromatic hydroxyl groups is 1. The number of ether oxygens (including phenoxy) is 1. The minimum absolute atomic E-state index is 0.303. The van der Waals surface area contributed by atoms with E-state index in [4.69, 9.17) is 4.74 Å². The van der Waals surface area contributed by atoms with Gasteiger partial charge in [-0.25, -0.2) is 0 Å². The van der Waals surface area contributed by atoms with Crippen LogP contribution in [0, 0.1) is 0 Å². The Hall–Kier alpha value is -0.870. The van der Waals surface area contributed by atoms with Crippen molar-refractivity contribution in [3.8, 4) is 11.5 Å². The van der Waals surface area contributed by atoms with Crippen molar-refractivity contribution in [1.82, 2.24) is 5.32 Å². The fourth-order valence-corrected chi connectivity index (χ4v) is 2.96. The van der Waals surface area contributed by atoms with Gasteiger partial charge in [0.15, 0.2) is 0 Å². The maximum absolute atomic E-state index is 9.77. The minimum atomic E-state index is 0.303. The van der Waals surface area contributed by atoms with Gasteiger partial charge < -0.3 is 15.2 Å². The van der Waals surface area contributed by atoms with E-state index in [9.17, 15) is 5.11 Å². The molecular formula is C12H17NO2S. The molecule has 1 aliphatic heterocycles. The lowest BCUT2D eigenvalue weighted by atomic mass is 10.1. The van der Waals surface area contributed by atoms with E-state index in [1.807, 2.05) is 23.9 Å². The lowest BCUT2D eigenvalue weighted by molar-refractivity contribution is 0.405. The summed E-state index contributed by atoms with van der Waals surface area (Å²) >= 11 is 1.98. The first-order valence-electron chi connectivity index (χ1n) is 5.46. The topological polar surface area (TPSA) is 41.5 Å². The number of phenolic OH excluding ortho intramolecular Hbond substituents is 1. The SMILES string of the molecule is COc1ccc(CNC2CCSC2)c(O)c1. The highest BCUT2D eigenvalue weighted by molar-refractivity contribution is 7.99. The summed E-state index contributed by atoms with van der Waals surface area (Å²) in [6.45, 7) is 0.723. The molecule has 1 atom stereocenters. The zero-order valence-electron chi connectivity index (χ0n) is 9.40. The molecule has 0 aliphatic carbocycles. The van der Waals surface area contributed by atoms with Gasteiger partial charge in [0, 0.05) is 30.0 Å². The standard InChI is InChI=1S/C12H17NO2S/c1-15-11-3-2-9(12(14)6-11)7-13-10-4-5-16-8-10/h2-3,6,10,13-14H,4-5,7-8H2,1H3. The average Bonchev–Trinajstić information content (AvgIpc) is 2.80. The quantitative estimate of drug-likeness (QED) is 0.843. The molecule has 1 unspecified atom stereocenters. The lowest BCUT2D eigenvalue weighted by Gasteiger charge is -2.12. The van der Waals surface area contributed by atoms with E-state index >= 15 is 0 Å². The average molecular weight is 239 g/mol. The van der Waals surface area contributed by atoms with Crippen LogP contribution in [0.3, 0.4) is 0 Å². The van der Waals surface area contributed by atoms with Crippen molar-refractivity contribution in [2.24, 2.45) is 0 Å². The van der Waals surface area contributed by atoms with Crippen LogP contribution >= 0.6 is 11.8 Å². The second-order valence-electron chi connectivity index (χ2n) is 3.94. The molecule has 0 radical (unpaired) electrons. The van der Waals surface area contributed by atoms with Gasteiger partial charge in [-0.3, -0.25) is 0 Å². The highest BCUT2D eigenvalue weighted by atomic mass is 32.2. The Kier molecular flexibility index (Phi) is 3.96. The van der Waals surface area contributed by atoms with Gasteiger partial charge in [-0.2, -0.15) is 11.8 Å². The molecule has 2 rings (SSSR count). The molecule has 2 N–H and O–H groups in total. The molecule has 16 heavy (non-hydrogen) atoms. The Morgan fingerprint density at radius 3 is 3.06 bits per heavy atom. The van der Waals surface area contributed by atoms with Gasteiger partial charge >= 0.3 is 0 Å². The molecule has 0 spiro atoms. The van der Waals surface area contributed by atoms with Crippen LogP contribution in [0.2, 0.25) is 0 Å². The number of benzene rings is 1. The summed E-state index contributed by atoms with van der Waals surface area (Å²) in [5.74, 6) is 3.42. The van der Waals surface area contributed by atoms with E-state index in [0.29, 0.717) is 17.5 Å². The third kappa shape index (κ3) is 2.83. The van der Waals surface area contributed by atoms with Crippen LogP contribution in [-0.2, 0) is 6.54 Å². The lowest BCUT2D eigenvalue weighted by Crippen LogP contribution is -2.27. The van der Waals surface area contributed by atoms with Gasteiger partial charge in [0.25, 0.3) is 0 Å². The Morgan fingerprint density at radius 2 is 2.44 bits per heavy atom. The van der Waals surface area contributed by atoms with E-state index in [-0.39, 0.29) is 0 Å². The van der Waals surface area contributed by atoms with Crippen LogP contribution in [-0.4, -0.2) is 29.8 Å². The highest BCUT2D eigenvalue weighted by Crippen LogP contribution is 2.24. The van der Waals surface area contributed by atoms with Gasteiger partial charge in [0.2, 0.25) is 0 Å². The Morgan fingerprint density at radius 1 is 1.56 bits per heavy atom. The number of hydrogen-bond acceptors (Lipinski definition) is 4. The van der Waals surface area contributed by atoms with Crippen molar-refractivity contribution in [1.29, 1.82) is 0 Å². The van der Waals surface area contributed by atoms with E-state index in [1.54, 1.807) is 13.2 Å². The fourth-order valence-electron chi connectivity index (χ4n) is 1.77. The van der Waals surface area contributed by atoms with E-state index in [0.717, 1.165) is 12.1 Å². The number of thioether (sulfide) groups is 1. The van der Waals surface area contributed by atoms with Gasteiger partial charge in [0.05, 0.1) is 7.11 Å². The predicted octanol–water partition coefficient (Wildman–Crippen LogP) is 2.00. The molecule has 1 fully saturated rings. The van der Waals surface area contributed by atoms with Crippen molar-refractivity contribution in [2.75, 3.05) is 18.6 Å². The molecule has 3 nitrogen and oxygen atoms in total. The number of phenols is 1. The number of nitrogens with one attached hydrogen (secondary N) is 1. The third-order valence-corrected chi connectivity index (χ3v) is 3.97. The van der Waals surface area contributed by atoms with Gasteiger partial charge in [0.1, 0.15) is 11.5 Å². The first-order chi connectivity index (χ1) is 7.79. The van der Waals surface area contributed by atoms with E-state index in [2.05, 4.69) is 5.32 Å². The van der Waals surface area contributed by atoms with Crippen molar-refractivity contribution in [3.05, 3.63) is 23.8 Å². The van der Waals surface area contributed by atoms with Gasteiger partial charge in [-0.05, 0) is 18.2 Å². The normalized spacial score (nSPS) is 19.9. The zero-order valence-corrected chi connectivity index (χ0v) is 10.2. The van der Waals surface area contributed by atoms with Crippen LogP contribution in [0.1, 0.15) is 12.0 Å². The Balaban J connectivity index is 1.93. The Bertz CT molecular complexity index is 351. The van der Waals surface area contributed by atoms with Crippen LogP contribution in [0.4, 0.5) is 0 Å². The first kappa shape index (κ1) is 11.6. The first-order valence-corrected chi connectivity index (χ1v) is 6.62. The van der Waals surface area contributed by atoms with E-state index < -0.39 is 0 Å². The summed E-state index contributed by atoms with van der Waals surface area (Å²) in [6, 6.07) is 6.02. The maximum Gasteiger partial charge on any atom is 0.123 e. The molecule has 0 saturated carbocycles. The Labute approximate surface area is 100 Å². The second-order valence-corrected chi connectivity index (χ2v) is 5.09. The summed E-state index contributed by atoms with van der Waals surface area (Å²) < 4.78 is 5.04.